The van der Waals surface area contributed by atoms with Gasteiger partial charge in [0.05, 0.1) is 0 Å². The van der Waals surface area contributed by atoms with Crippen molar-refractivity contribution >= 4 is 11.7 Å². The van der Waals surface area contributed by atoms with Crippen LogP contribution in [0.2, 0.25) is 0 Å². The maximum Gasteiger partial charge on any atom is 0.410 e. The first-order valence-corrected chi connectivity index (χ1v) is 8.33. The molecule has 0 bridgehead atoms. The fourth-order valence-corrected chi connectivity index (χ4v) is 3.03. The number of hydrogen-bond acceptors (Lipinski definition) is 3. The van der Waals surface area contributed by atoms with Gasteiger partial charge in [-0.15, -0.1) is 0 Å². The highest BCUT2D eigenvalue weighted by Crippen LogP contribution is 2.31. The van der Waals surface area contributed by atoms with Gasteiger partial charge in [-0.05, 0) is 45.2 Å². The molecule has 0 N–H and O–H groups in total. The van der Waals surface area contributed by atoms with Crippen molar-refractivity contribution in [3.63, 3.8) is 0 Å². The van der Waals surface area contributed by atoms with Gasteiger partial charge in [0.1, 0.15) is 16.9 Å². The predicted molar refractivity (Wildman–Crippen MR) is 89.8 cm³/mol. The van der Waals surface area contributed by atoms with E-state index in [4.69, 9.17) is 4.74 Å². The zero-order chi connectivity index (χ0) is 17.4. The number of imidazole rings is 1. The van der Waals surface area contributed by atoms with Crippen LogP contribution in [-0.2, 0) is 11.2 Å². The molecule has 130 valence electrons. The van der Waals surface area contributed by atoms with Crippen LogP contribution in [0.15, 0.2) is 30.7 Å². The van der Waals surface area contributed by atoms with Gasteiger partial charge in [0.25, 0.3) is 0 Å². The van der Waals surface area contributed by atoms with Gasteiger partial charge in [-0.25, -0.2) is 14.2 Å². The van der Waals surface area contributed by atoms with Crippen LogP contribution in [0.1, 0.15) is 39.2 Å². The lowest BCUT2D eigenvalue weighted by atomic mass is 9.87. The number of rotatable bonds is 2. The summed E-state index contributed by atoms with van der Waals surface area (Å²) in [6, 6.07) is 3.82. The Hall–Kier alpha value is -2.11. The lowest BCUT2D eigenvalue weighted by molar-refractivity contribution is 0.00338. The summed E-state index contributed by atoms with van der Waals surface area (Å²) < 4.78 is 22.4. The highest BCUT2D eigenvalue weighted by molar-refractivity contribution is 5.68. The standard InChI is InChI=1S/C18H24FN3O2/c1-17(2,3)24-16(23)21-9-6-18(19,7-10-21)12-14-4-5-15-20-8-11-22(15)13-14/h4-5,8,11,13H,6-7,9-10,12H2,1-3H3. The molecule has 0 aromatic carbocycles. The third-order valence-corrected chi connectivity index (χ3v) is 4.28. The Morgan fingerprint density at radius 1 is 1.33 bits per heavy atom. The van der Waals surface area contributed by atoms with Crippen LogP contribution in [0.25, 0.3) is 5.65 Å². The molecule has 0 saturated carbocycles. The molecule has 3 rings (SSSR count). The van der Waals surface area contributed by atoms with E-state index in [1.807, 2.05) is 49.7 Å². The Morgan fingerprint density at radius 2 is 2.04 bits per heavy atom. The first-order chi connectivity index (χ1) is 11.2. The number of pyridine rings is 1. The van der Waals surface area contributed by atoms with Crippen LogP contribution in [0.4, 0.5) is 9.18 Å². The van der Waals surface area contributed by atoms with E-state index in [1.165, 1.54) is 0 Å². The summed E-state index contributed by atoms with van der Waals surface area (Å²) in [7, 11) is 0. The molecule has 1 saturated heterocycles. The summed E-state index contributed by atoms with van der Waals surface area (Å²) in [5.41, 5.74) is -0.0194. The van der Waals surface area contributed by atoms with E-state index in [1.54, 1.807) is 11.1 Å². The van der Waals surface area contributed by atoms with Crippen molar-refractivity contribution in [2.75, 3.05) is 13.1 Å². The number of ether oxygens (including phenoxy) is 1. The SMILES string of the molecule is CC(C)(C)OC(=O)N1CCC(F)(Cc2ccc3nccn3c2)CC1. The molecular weight excluding hydrogens is 309 g/mol. The summed E-state index contributed by atoms with van der Waals surface area (Å²) in [6.45, 7) is 6.28. The summed E-state index contributed by atoms with van der Waals surface area (Å²) >= 11 is 0. The smallest absolute Gasteiger partial charge is 0.410 e. The molecule has 0 unspecified atom stereocenters. The number of aromatic nitrogens is 2. The van der Waals surface area contributed by atoms with Crippen LogP contribution < -0.4 is 0 Å². The van der Waals surface area contributed by atoms with Crippen molar-refractivity contribution in [1.29, 1.82) is 0 Å². The van der Waals surface area contributed by atoms with Gasteiger partial charge in [-0.2, -0.15) is 0 Å². The molecule has 0 radical (unpaired) electrons. The summed E-state index contributed by atoms with van der Waals surface area (Å²) in [4.78, 5) is 17.9. The van der Waals surface area contributed by atoms with Gasteiger partial charge in [-0.3, -0.25) is 0 Å². The Morgan fingerprint density at radius 3 is 2.71 bits per heavy atom. The molecule has 1 aliphatic rings. The summed E-state index contributed by atoms with van der Waals surface area (Å²) in [5.74, 6) is 0. The molecule has 5 nitrogen and oxygen atoms in total. The Labute approximate surface area is 141 Å². The second-order valence-corrected chi connectivity index (χ2v) is 7.53. The first kappa shape index (κ1) is 16.7. The fraction of sp³-hybridized carbons (Fsp3) is 0.556. The van der Waals surface area contributed by atoms with E-state index in [0.29, 0.717) is 32.4 Å². The molecule has 24 heavy (non-hydrogen) atoms. The van der Waals surface area contributed by atoms with Crippen molar-refractivity contribution in [2.45, 2.75) is 51.3 Å². The van der Waals surface area contributed by atoms with Crippen molar-refractivity contribution in [3.05, 3.63) is 36.3 Å². The minimum absolute atomic E-state index is 0.328. The zero-order valence-corrected chi connectivity index (χ0v) is 14.5. The third-order valence-electron chi connectivity index (χ3n) is 4.28. The number of nitrogens with zero attached hydrogens (tertiary/aromatic N) is 3. The number of amides is 1. The maximum atomic E-state index is 15.2. The normalized spacial score (nSPS) is 17.9. The second-order valence-electron chi connectivity index (χ2n) is 7.53. The van der Waals surface area contributed by atoms with Crippen molar-refractivity contribution in [2.24, 2.45) is 0 Å². The van der Waals surface area contributed by atoms with Crippen LogP contribution in [-0.4, -0.2) is 44.7 Å². The average Bonchev–Trinajstić information content (AvgIpc) is 2.93. The molecule has 1 aliphatic heterocycles. The van der Waals surface area contributed by atoms with Crippen LogP contribution in [0.5, 0.6) is 0 Å². The zero-order valence-electron chi connectivity index (χ0n) is 14.5. The Balaban J connectivity index is 1.61. The van der Waals surface area contributed by atoms with E-state index < -0.39 is 11.3 Å². The molecule has 1 amide bonds. The third kappa shape index (κ3) is 3.86. The summed E-state index contributed by atoms with van der Waals surface area (Å²) in [6.07, 6.45) is 6.15. The maximum absolute atomic E-state index is 15.2. The topological polar surface area (TPSA) is 46.8 Å². The number of carbonyl (C=O) groups excluding carboxylic acids is 1. The van der Waals surface area contributed by atoms with E-state index in [9.17, 15) is 4.79 Å². The van der Waals surface area contributed by atoms with Crippen molar-refractivity contribution in [1.82, 2.24) is 14.3 Å². The second kappa shape index (κ2) is 6.07. The van der Waals surface area contributed by atoms with Crippen LogP contribution in [0, 0.1) is 0 Å². The van der Waals surface area contributed by atoms with Gasteiger partial charge in [0, 0.05) is 38.1 Å². The van der Waals surface area contributed by atoms with Crippen molar-refractivity contribution in [3.8, 4) is 0 Å². The number of likely N-dealkylation sites (tertiary alicyclic amines) is 1. The van der Waals surface area contributed by atoms with Gasteiger partial charge < -0.3 is 14.0 Å². The number of hydrogen-bond donors (Lipinski definition) is 0. The molecule has 6 heteroatoms. The number of piperidine rings is 1. The molecule has 1 fully saturated rings. The average molecular weight is 333 g/mol. The van der Waals surface area contributed by atoms with Crippen LogP contribution in [0.3, 0.4) is 0 Å². The first-order valence-electron chi connectivity index (χ1n) is 8.33. The highest BCUT2D eigenvalue weighted by Gasteiger charge is 2.37. The van der Waals surface area contributed by atoms with E-state index in [-0.39, 0.29) is 6.09 Å². The van der Waals surface area contributed by atoms with E-state index in [0.717, 1.165) is 11.2 Å². The number of fused-ring (bicyclic) bond motifs is 1. The molecule has 0 aliphatic carbocycles. The minimum atomic E-state index is -1.28. The molecule has 0 spiro atoms. The van der Waals surface area contributed by atoms with Gasteiger partial charge in [0.15, 0.2) is 0 Å². The predicted octanol–water partition coefficient (Wildman–Crippen LogP) is 3.62. The molecule has 3 heterocycles. The lowest BCUT2D eigenvalue weighted by Gasteiger charge is -2.37. The minimum Gasteiger partial charge on any atom is -0.444 e. The number of carbonyl (C=O) groups is 1. The Bertz CT molecular complexity index is 727. The number of halogens is 1. The fourth-order valence-electron chi connectivity index (χ4n) is 3.03. The largest absolute Gasteiger partial charge is 0.444 e. The van der Waals surface area contributed by atoms with Crippen LogP contribution >= 0.6 is 0 Å². The quantitative estimate of drug-likeness (QED) is 0.843. The van der Waals surface area contributed by atoms with E-state index >= 15 is 4.39 Å². The molecule has 2 aromatic rings. The lowest BCUT2D eigenvalue weighted by Crippen LogP contribution is -2.47. The molecule has 2 aromatic heterocycles. The monoisotopic (exact) mass is 333 g/mol. The Kier molecular flexibility index (Phi) is 4.24. The highest BCUT2D eigenvalue weighted by atomic mass is 19.1. The van der Waals surface area contributed by atoms with Gasteiger partial charge in [0.2, 0.25) is 0 Å². The number of alkyl halides is 1. The molecular formula is C18H24FN3O2. The molecule has 0 atom stereocenters. The van der Waals surface area contributed by atoms with Crippen molar-refractivity contribution < 1.29 is 13.9 Å². The van der Waals surface area contributed by atoms with Gasteiger partial charge >= 0.3 is 6.09 Å². The summed E-state index contributed by atoms with van der Waals surface area (Å²) in [5, 5.41) is 0. The van der Waals surface area contributed by atoms with E-state index in [2.05, 4.69) is 4.98 Å². The van der Waals surface area contributed by atoms with Gasteiger partial charge in [-0.1, -0.05) is 6.07 Å².